The predicted octanol–water partition coefficient (Wildman–Crippen LogP) is 1.32. The highest BCUT2D eigenvalue weighted by Crippen LogP contribution is 2.13. The van der Waals surface area contributed by atoms with Crippen LogP contribution in [0, 0.1) is 6.92 Å². The Morgan fingerprint density at radius 1 is 1.44 bits per heavy atom. The number of carbonyl (C=O) groups excluding carboxylic acids is 1. The maximum absolute atomic E-state index is 11.6. The molecule has 0 spiro atoms. The zero-order chi connectivity index (χ0) is 13.0. The van der Waals surface area contributed by atoms with Crippen molar-refractivity contribution in [2.24, 2.45) is 0 Å². The van der Waals surface area contributed by atoms with Crippen LogP contribution in [0.4, 0.5) is 11.5 Å². The molecule has 1 heterocycles. The number of nitrogen functional groups attached to an aromatic ring is 1. The number of hydrogen-bond donors (Lipinski definition) is 3. The maximum Gasteiger partial charge on any atom is 0.263 e. The summed E-state index contributed by atoms with van der Waals surface area (Å²) in [7, 11) is 0. The first kappa shape index (κ1) is 12.0. The fourth-order valence-corrected chi connectivity index (χ4v) is 1.36. The summed E-state index contributed by atoms with van der Waals surface area (Å²) in [6.07, 6.45) is 1.64. The third-order valence-corrected chi connectivity index (χ3v) is 2.34. The van der Waals surface area contributed by atoms with E-state index in [0.717, 1.165) is 5.56 Å². The van der Waals surface area contributed by atoms with Crippen LogP contribution in [-0.4, -0.2) is 22.7 Å². The number of rotatable bonds is 4. The van der Waals surface area contributed by atoms with Crippen molar-refractivity contribution >= 4 is 17.4 Å². The van der Waals surface area contributed by atoms with Crippen molar-refractivity contribution in [1.29, 1.82) is 0 Å². The number of H-pyrrole nitrogens is 1. The van der Waals surface area contributed by atoms with E-state index in [0.29, 0.717) is 17.3 Å². The molecule has 0 unspecified atom stereocenters. The van der Waals surface area contributed by atoms with Crippen LogP contribution >= 0.6 is 0 Å². The topological polar surface area (TPSA) is 93.0 Å². The van der Waals surface area contributed by atoms with Crippen molar-refractivity contribution in [3.05, 3.63) is 36.0 Å². The standard InChI is InChI=1S/C12H14N4O2/c1-8-6-14-16-12(8)15-11(17)7-18-10-4-2-9(13)3-5-10/h2-6H,7,13H2,1H3,(H2,14,15,16,17). The van der Waals surface area contributed by atoms with Gasteiger partial charge in [-0.2, -0.15) is 5.10 Å². The van der Waals surface area contributed by atoms with Crippen LogP contribution in [-0.2, 0) is 4.79 Å². The third-order valence-electron chi connectivity index (χ3n) is 2.34. The lowest BCUT2D eigenvalue weighted by Crippen LogP contribution is -2.20. The molecule has 0 saturated heterocycles. The Bertz CT molecular complexity index is 533. The zero-order valence-electron chi connectivity index (χ0n) is 9.93. The molecule has 1 amide bonds. The molecule has 2 aromatic rings. The number of hydrogen-bond acceptors (Lipinski definition) is 4. The van der Waals surface area contributed by atoms with Gasteiger partial charge in [0.15, 0.2) is 6.61 Å². The predicted molar refractivity (Wildman–Crippen MR) is 68.3 cm³/mol. The van der Waals surface area contributed by atoms with Crippen LogP contribution in [0.5, 0.6) is 5.75 Å². The number of aromatic nitrogens is 2. The molecule has 1 aromatic carbocycles. The Morgan fingerprint density at radius 3 is 2.78 bits per heavy atom. The quantitative estimate of drug-likeness (QED) is 0.709. The van der Waals surface area contributed by atoms with Crippen LogP contribution < -0.4 is 15.8 Å². The van der Waals surface area contributed by atoms with Gasteiger partial charge in [-0.05, 0) is 31.2 Å². The summed E-state index contributed by atoms with van der Waals surface area (Å²) in [5.41, 5.74) is 7.07. The molecule has 0 aliphatic heterocycles. The fourth-order valence-electron chi connectivity index (χ4n) is 1.36. The number of aryl methyl sites for hydroxylation is 1. The molecule has 0 aliphatic rings. The number of amides is 1. The van der Waals surface area contributed by atoms with E-state index in [-0.39, 0.29) is 12.5 Å². The lowest BCUT2D eigenvalue weighted by molar-refractivity contribution is -0.118. The molecule has 94 valence electrons. The Kier molecular flexibility index (Phi) is 3.47. The Morgan fingerprint density at radius 2 is 2.17 bits per heavy atom. The minimum atomic E-state index is -0.251. The van der Waals surface area contributed by atoms with E-state index in [1.165, 1.54) is 0 Å². The molecule has 0 radical (unpaired) electrons. The van der Waals surface area contributed by atoms with Crippen LogP contribution in [0.3, 0.4) is 0 Å². The number of aromatic amines is 1. The normalized spacial score (nSPS) is 10.1. The van der Waals surface area contributed by atoms with Crippen LogP contribution in [0.2, 0.25) is 0 Å². The fraction of sp³-hybridized carbons (Fsp3) is 0.167. The zero-order valence-corrected chi connectivity index (χ0v) is 9.93. The van der Waals surface area contributed by atoms with E-state index in [1.54, 1.807) is 30.5 Å². The molecule has 0 fully saturated rings. The molecule has 2 rings (SSSR count). The van der Waals surface area contributed by atoms with Crippen LogP contribution in [0.25, 0.3) is 0 Å². The van der Waals surface area contributed by atoms with Gasteiger partial charge in [-0.15, -0.1) is 0 Å². The van der Waals surface area contributed by atoms with Gasteiger partial charge in [0, 0.05) is 11.3 Å². The second-order valence-corrected chi connectivity index (χ2v) is 3.83. The van der Waals surface area contributed by atoms with Gasteiger partial charge in [-0.25, -0.2) is 0 Å². The Balaban J connectivity index is 1.85. The first-order valence-corrected chi connectivity index (χ1v) is 5.43. The average Bonchev–Trinajstić information content (AvgIpc) is 2.74. The highest BCUT2D eigenvalue weighted by molar-refractivity contribution is 5.91. The third kappa shape index (κ3) is 3.00. The first-order valence-electron chi connectivity index (χ1n) is 5.43. The lowest BCUT2D eigenvalue weighted by atomic mass is 10.3. The number of ether oxygens (including phenoxy) is 1. The molecule has 0 aliphatic carbocycles. The van der Waals surface area contributed by atoms with E-state index in [4.69, 9.17) is 10.5 Å². The highest BCUT2D eigenvalue weighted by atomic mass is 16.5. The van der Waals surface area contributed by atoms with Crippen molar-refractivity contribution in [1.82, 2.24) is 10.2 Å². The summed E-state index contributed by atoms with van der Waals surface area (Å²) in [5.74, 6) is 0.931. The first-order chi connectivity index (χ1) is 8.65. The summed E-state index contributed by atoms with van der Waals surface area (Å²) in [5, 5.41) is 9.16. The van der Waals surface area contributed by atoms with E-state index < -0.39 is 0 Å². The van der Waals surface area contributed by atoms with Gasteiger partial charge in [0.2, 0.25) is 0 Å². The van der Waals surface area contributed by atoms with Gasteiger partial charge in [0.25, 0.3) is 5.91 Å². The van der Waals surface area contributed by atoms with Crippen molar-refractivity contribution in [2.45, 2.75) is 6.92 Å². The summed E-state index contributed by atoms with van der Waals surface area (Å²) >= 11 is 0. The maximum atomic E-state index is 11.6. The van der Waals surface area contributed by atoms with Gasteiger partial charge >= 0.3 is 0 Å². The molecule has 0 saturated carbocycles. The number of benzene rings is 1. The Hall–Kier alpha value is -2.50. The van der Waals surface area contributed by atoms with E-state index in [1.807, 2.05) is 6.92 Å². The second-order valence-electron chi connectivity index (χ2n) is 3.83. The minimum Gasteiger partial charge on any atom is -0.484 e. The summed E-state index contributed by atoms with van der Waals surface area (Å²) in [4.78, 5) is 11.6. The molecule has 6 heteroatoms. The van der Waals surface area contributed by atoms with Crippen LogP contribution in [0.1, 0.15) is 5.56 Å². The van der Waals surface area contributed by atoms with E-state index in [9.17, 15) is 4.79 Å². The van der Waals surface area contributed by atoms with E-state index >= 15 is 0 Å². The molecular formula is C12H14N4O2. The van der Waals surface area contributed by atoms with Crippen molar-refractivity contribution in [3.8, 4) is 5.75 Å². The number of carbonyl (C=O) groups is 1. The van der Waals surface area contributed by atoms with Gasteiger partial charge < -0.3 is 15.8 Å². The van der Waals surface area contributed by atoms with Gasteiger partial charge in [0.05, 0.1) is 6.20 Å². The molecule has 6 nitrogen and oxygen atoms in total. The molecule has 0 bridgehead atoms. The highest BCUT2D eigenvalue weighted by Gasteiger charge is 2.06. The van der Waals surface area contributed by atoms with E-state index in [2.05, 4.69) is 15.5 Å². The number of anilines is 2. The second kappa shape index (κ2) is 5.22. The summed E-state index contributed by atoms with van der Waals surface area (Å²) < 4.78 is 5.31. The molecule has 0 atom stereocenters. The SMILES string of the molecule is Cc1cn[nH]c1NC(=O)COc1ccc(N)cc1. The van der Waals surface area contributed by atoms with Gasteiger partial charge in [-0.1, -0.05) is 0 Å². The van der Waals surface area contributed by atoms with Gasteiger partial charge in [-0.3, -0.25) is 9.89 Å². The molecule has 1 aromatic heterocycles. The number of nitrogens with two attached hydrogens (primary N) is 1. The van der Waals surface area contributed by atoms with Crippen molar-refractivity contribution in [2.75, 3.05) is 17.7 Å². The smallest absolute Gasteiger partial charge is 0.263 e. The van der Waals surface area contributed by atoms with Crippen LogP contribution in [0.15, 0.2) is 30.5 Å². The minimum absolute atomic E-state index is 0.0671. The number of nitrogens with zero attached hydrogens (tertiary/aromatic N) is 1. The molecule has 4 N–H and O–H groups in total. The largest absolute Gasteiger partial charge is 0.484 e. The monoisotopic (exact) mass is 246 g/mol. The summed E-state index contributed by atoms with van der Waals surface area (Å²) in [6, 6.07) is 6.85. The van der Waals surface area contributed by atoms with Crippen molar-refractivity contribution < 1.29 is 9.53 Å². The molecule has 18 heavy (non-hydrogen) atoms. The van der Waals surface area contributed by atoms with Crippen molar-refractivity contribution in [3.63, 3.8) is 0 Å². The molecular weight excluding hydrogens is 232 g/mol. The number of nitrogens with one attached hydrogen (secondary N) is 2. The average molecular weight is 246 g/mol. The summed E-state index contributed by atoms with van der Waals surface area (Å²) in [6.45, 7) is 1.78. The Labute approximate surface area is 104 Å². The lowest BCUT2D eigenvalue weighted by Gasteiger charge is -2.06. The van der Waals surface area contributed by atoms with Gasteiger partial charge in [0.1, 0.15) is 11.6 Å².